The minimum absolute atomic E-state index is 0.729. The van der Waals surface area contributed by atoms with Crippen LogP contribution >= 0.6 is 0 Å². The van der Waals surface area contributed by atoms with Crippen LogP contribution in [0.5, 0.6) is 0 Å². The third-order valence-corrected chi connectivity index (χ3v) is 4.30. The highest BCUT2D eigenvalue weighted by atomic mass is 14.9. The Morgan fingerprint density at radius 2 is 1.88 bits per heavy atom. The maximum atomic E-state index is 3.74. The maximum Gasteiger partial charge on any atom is 0.00388 e. The van der Waals surface area contributed by atoms with Gasteiger partial charge in [-0.2, -0.15) is 0 Å². The summed E-state index contributed by atoms with van der Waals surface area (Å²) in [5.41, 5.74) is 0. The van der Waals surface area contributed by atoms with Crippen LogP contribution in [0.15, 0.2) is 0 Å². The molecule has 0 bridgehead atoms. The molecule has 1 fully saturated rings. The molecule has 0 aromatic carbocycles. The van der Waals surface area contributed by atoms with E-state index in [9.17, 15) is 0 Å². The van der Waals surface area contributed by atoms with E-state index in [1.165, 1.54) is 64.3 Å². The molecule has 0 spiro atoms. The van der Waals surface area contributed by atoms with Crippen LogP contribution in [0.3, 0.4) is 0 Å². The first kappa shape index (κ1) is 15.0. The Morgan fingerprint density at radius 3 is 2.53 bits per heavy atom. The van der Waals surface area contributed by atoms with Crippen molar-refractivity contribution in [3.63, 3.8) is 0 Å². The fraction of sp³-hybridized carbons (Fsp3) is 1.00. The summed E-state index contributed by atoms with van der Waals surface area (Å²) < 4.78 is 0. The first-order chi connectivity index (χ1) is 8.22. The van der Waals surface area contributed by atoms with E-state index in [2.05, 4.69) is 26.1 Å². The van der Waals surface area contributed by atoms with Crippen LogP contribution in [0.2, 0.25) is 0 Å². The Labute approximate surface area is 109 Å². The fourth-order valence-corrected chi connectivity index (χ4v) is 3.03. The van der Waals surface area contributed by atoms with Gasteiger partial charge in [-0.25, -0.2) is 0 Å². The summed E-state index contributed by atoms with van der Waals surface area (Å²) in [5, 5.41) is 3.74. The van der Waals surface area contributed by atoms with Gasteiger partial charge >= 0.3 is 0 Å². The molecule has 0 heterocycles. The summed E-state index contributed by atoms with van der Waals surface area (Å²) in [6.45, 7) is 8.31. The molecule has 102 valence electrons. The van der Waals surface area contributed by atoms with Crippen LogP contribution in [0, 0.1) is 11.8 Å². The lowest BCUT2D eigenvalue weighted by molar-refractivity contribution is 0.412. The molecule has 3 atom stereocenters. The number of hydrogen-bond donors (Lipinski definition) is 1. The third kappa shape index (κ3) is 7.08. The lowest BCUT2D eigenvalue weighted by Crippen LogP contribution is -2.30. The smallest absolute Gasteiger partial charge is 0.00388 e. The van der Waals surface area contributed by atoms with Crippen molar-refractivity contribution in [2.24, 2.45) is 11.8 Å². The minimum Gasteiger partial charge on any atom is -0.314 e. The van der Waals surface area contributed by atoms with E-state index < -0.39 is 0 Å². The Balaban J connectivity index is 1.92. The van der Waals surface area contributed by atoms with Crippen molar-refractivity contribution < 1.29 is 0 Å². The first-order valence-electron chi connectivity index (χ1n) is 7.95. The van der Waals surface area contributed by atoms with Crippen molar-refractivity contribution in [2.45, 2.75) is 84.6 Å². The second-order valence-corrected chi connectivity index (χ2v) is 6.30. The number of rotatable bonds is 9. The van der Waals surface area contributed by atoms with E-state index in [-0.39, 0.29) is 0 Å². The highest BCUT2D eigenvalue weighted by Crippen LogP contribution is 2.29. The summed E-state index contributed by atoms with van der Waals surface area (Å²) in [7, 11) is 0. The zero-order valence-corrected chi connectivity index (χ0v) is 12.3. The molecular formula is C16H33N. The van der Waals surface area contributed by atoms with Gasteiger partial charge in [0.15, 0.2) is 0 Å². The molecular weight excluding hydrogens is 206 g/mol. The minimum atomic E-state index is 0.729. The Bertz CT molecular complexity index is 178. The third-order valence-electron chi connectivity index (χ3n) is 4.30. The van der Waals surface area contributed by atoms with Crippen molar-refractivity contribution in [3.8, 4) is 0 Å². The van der Waals surface area contributed by atoms with Gasteiger partial charge in [-0.1, -0.05) is 52.4 Å². The molecule has 1 N–H and O–H groups in total. The van der Waals surface area contributed by atoms with Gasteiger partial charge in [-0.15, -0.1) is 0 Å². The monoisotopic (exact) mass is 239 g/mol. The highest BCUT2D eigenvalue weighted by molar-refractivity contribution is 4.75. The van der Waals surface area contributed by atoms with Crippen LogP contribution in [-0.4, -0.2) is 12.6 Å². The second-order valence-electron chi connectivity index (χ2n) is 6.30. The van der Waals surface area contributed by atoms with E-state index in [0.29, 0.717) is 0 Å². The molecule has 0 radical (unpaired) electrons. The highest BCUT2D eigenvalue weighted by Gasteiger charge is 2.21. The van der Waals surface area contributed by atoms with Gasteiger partial charge in [0.25, 0.3) is 0 Å². The lowest BCUT2D eigenvalue weighted by atomic mass is 10.0. The van der Waals surface area contributed by atoms with Crippen molar-refractivity contribution >= 4 is 0 Å². The number of unbranched alkanes of at least 4 members (excludes halogenated alkanes) is 4. The maximum absolute atomic E-state index is 3.74. The molecule has 17 heavy (non-hydrogen) atoms. The van der Waals surface area contributed by atoms with Crippen molar-refractivity contribution in [2.75, 3.05) is 6.54 Å². The SMILES string of the molecule is CCCCCCCC(C)NCC1CCC(C)C1. The van der Waals surface area contributed by atoms with Gasteiger partial charge in [0.05, 0.1) is 0 Å². The Morgan fingerprint density at radius 1 is 1.12 bits per heavy atom. The van der Waals surface area contributed by atoms with Gasteiger partial charge in [-0.3, -0.25) is 0 Å². The molecule has 0 aromatic heterocycles. The fourth-order valence-electron chi connectivity index (χ4n) is 3.03. The normalized spacial score (nSPS) is 26.3. The van der Waals surface area contributed by atoms with Gasteiger partial charge in [-0.05, 0) is 44.6 Å². The van der Waals surface area contributed by atoms with Gasteiger partial charge in [0.2, 0.25) is 0 Å². The van der Waals surface area contributed by atoms with Crippen LogP contribution in [-0.2, 0) is 0 Å². The van der Waals surface area contributed by atoms with Crippen molar-refractivity contribution in [1.29, 1.82) is 0 Å². The van der Waals surface area contributed by atoms with Crippen LogP contribution in [0.1, 0.15) is 78.6 Å². The van der Waals surface area contributed by atoms with Crippen LogP contribution < -0.4 is 5.32 Å². The van der Waals surface area contributed by atoms with Crippen molar-refractivity contribution in [1.82, 2.24) is 5.32 Å². The van der Waals surface area contributed by atoms with Gasteiger partial charge < -0.3 is 5.32 Å². The predicted molar refractivity (Wildman–Crippen MR) is 77.3 cm³/mol. The van der Waals surface area contributed by atoms with E-state index >= 15 is 0 Å². The molecule has 1 rings (SSSR count). The zero-order chi connectivity index (χ0) is 12.5. The Hall–Kier alpha value is -0.0400. The molecule has 0 amide bonds. The summed E-state index contributed by atoms with van der Waals surface area (Å²) in [4.78, 5) is 0. The van der Waals surface area contributed by atoms with Gasteiger partial charge in [0.1, 0.15) is 0 Å². The quantitative estimate of drug-likeness (QED) is 0.572. The van der Waals surface area contributed by atoms with Crippen LogP contribution in [0.4, 0.5) is 0 Å². The number of nitrogens with one attached hydrogen (secondary N) is 1. The average Bonchev–Trinajstić information content (AvgIpc) is 2.72. The van der Waals surface area contributed by atoms with E-state index in [0.717, 1.165) is 17.9 Å². The average molecular weight is 239 g/mol. The first-order valence-corrected chi connectivity index (χ1v) is 7.95. The van der Waals surface area contributed by atoms with Gasteiger partial charge in [0, 0.05) is 6.04 Å². The van der Waals surface area contributed by atoms with Crippen molar-refractivity contribution in [3.05, 3.63) is 0 Å². The molecule has 1 aliphatic rings. The number of hydrogen-bond acceptors (Lipinski definition) is 1. The van der Waals surface area contributed by atoms with Crippen LogP contribution in [0.25, 0.3) is 0 Å². The predicted octanol–water partition coefficient (Wildman–Crippen LogP) is 4.76. The summed E-state index contributed by atoms with van der Waals surface area (Å²) in [6.07, 6.45) is 12.8. The molecule has 0 saturated heterocycles. The summed E-state index contributed by atoms with van der Waals surface area (Å²) in [6, 6.07) is 0.729. The van der Waals surface area contributed by atoms with E-state index in [1.54, 1.807) is 0 Å². The molecule has 0 aromatic rings. The zero-order valence-electron chi connectivity index (χ0n) is 12.3. The van der Waals surface area contributed by atoms with E-state index in [1.807, 2.05) is 0 Å². The molecule has 1 saturated carbocycles. The largest absolute Gasteiger partial charge is 0.314 e. The molecule has 0 aliphatic heterocycles. The summed E-state index contributed by atoms with van der Waals surface area (Å²) >= 11 is 0. The lowest BCUT2D eigenvalue weighted by Gasteiger charge is -2.17. The van der Waals surface area contributed by atoms with E-state index in [4.69, 9.17) is 0 Å². The molecule has 3 unspecified atom stereocenters. The molecule has 1 heteroatoms. The topological polar surface area (TPSA) is 12.0 Å². The second kappa shape index (κ2) is 8.97. The Kier molecular flexibility index (Phi) is 7.92. The summed E-state index contributed by atoms with van der Waals surface area (Å²) in [5.74, 6) is 1.94. The molecule has 1 aliphatic carbocycles. The standard InChI is InChI=1S/C16H33N/c1-4-5-6-7-8-9-15(3)17-13-16-11-10-14(2)12-16/h14-17H,4-13H2,1-3H3. The molecule has 1 nitrogen and oxygen atoms in total.